The fourth-order valence-corrected chi connectivity index (χ4v) is 2.08. The van der Waals surface area contributed by atoms with Gasteiger partial charge >= 0.3 is 0 Å². The van der Waals surface area contributed by atoms with E-state index in [0.717, 1.165) is 30.5 Å². The minimum Gasteiger partial charge on any atom is -0.370 e. The fraction of sp³-hybridized carbons (Fsp3) is 0.692. The molecule has 2 rings (SSSR count). The van der Waals surface area contributed by atoms with Crippen LogP contribution < -0.4 is 16.0 Å². The second kappa shape index (κ2) is 5.42. The Hall–Kier alpha value is -1.52. The lowest BCUT2D eigenvalue weighted by Crippen LogP contribution is -2.31. The van der Waals surface area contributed by atoms with Gasteiger partial charge in [-0.05, 0) is 32.1 Å². The van der Waals surface area contributed by atoms with E-state index in [0.29, 0.717) is 12.0 Å². The van der Waals surface area contributed by atoms with E-state index in [2.05, 4.69) is 41.1 Å². The summed E-state index contributed by atoms with van der Waals surface area (Å²) in [7, 11) is 2.08. The lowest BCUT2D eigenvalue weighted by molar-refractivity contribution is 0.604. The summed E-state index contributed by atoms with van der Waals surface area (Å²) in [6.45, 7) is 5.27. The first-order valence-corrected chi connectivity index (χ1v) is 6.73. The van der Waals surface area contributed by atoms with Crippen molar-refractivity contribution in [2.45, 2.75) is 39.2 Å². The van der Waals surface area contributed by atoms with Crippen LogP contribution in [0.3, 0.4) is 0 Å². The smallest absolute Gasteiger partial charge is 0.223 e. The van der Waals surface area contributed by atoms with Crippen molar-refractivity contribution < 1.29 is 0 Å². The molecule has 1 saturated carbocycles. The summed E-state index contributed by atoms with van der Waals surface area (Å²) in [6, 6.07) is 2.49. The maximum Gasteiger partial charge on any atom is 0.223 e. The molecule has 1 atom stereocenters. The van der Waals surface area contributed by atoms with E-state index in [1.165, 1.54) is 12.8 Å². The van der Waals surface area contributed by atoms with E-state index in [4.69, 9.17) is 5.73 Å². The summed E-state index contributed by atoms with van der Waals surface area (Å²) in [4.78, 5) is 10.7. The average molecular weight is 249 g/mol. The van der Waals surface area contributed by atoms with Crippen molar-refractivity contribution in [1.29, 1.82) is 0 Å². The van der Waals surface area contributed by atoms with Crippen molar-refractivity contribution in [3.05, 3.63) is 6.07 Å². The van der Waals surface area contributed by atoms with Gasteiger partial charge in [-0.2, -0.15) is 9.97 Å². The van der Waals surface area contributed by atoms with Crippen molar-refractivity contribution >= 4 is 17.6 Å². The summed E-state index contributed by atoms with van der Waals surface area (Å²) in [6.07, 6.45) is 3.72. The van der Waals surface area contributed by atoms with E-state index < -0.39 is 0 Å². The molecule has 1 aromatic heterocycles. The second-order valence-electron chi connectivity index (χ2n) is 5.09. The van der Waals surface area contributed by atoms with Crippen LogP contribution in [0.15, 0.2) is 6.07 Å². The van der Waals surface area contributed by atoms with Crippen molar-refractivity contribution in [2.75, 3.05) is 29.5 Å². The van der Waals surface area contributed by atoms with Crippen LogP contribution in [-0.4, -0.2) is 29.6 Å². The molecule has 1 heterocycles. The van der Waals surface area contributed by atoms with Crippen molar-refractivity contribution in [1.82, 2.24) is 9.97 Å². The van der Waals surface area contributed by atoms with Gasteiger partial charge in [0.05, 0.1) is 0 Å². The Morgan fingerprint density at radius 2 is 2.22 bits per heavy atom. The third-order valence-electron chi connectivity index (χ3n) is 3.56. The fourth-order valence-electron chi connectivity index (χ4n) is 2.08. The number of hydrogen-bond donors (Lipinski definition) is 2. The molecule has 100 valence electrons. The Bertz CT molecular complexity index is 402. The van der Waals surface area contributed by atoms with Crippen LogP contribution >= 0.6 is 0 Å². The Morgan fingerprint density at radius 3 is 2.83 bits per heavy atom. The molecule has 1 aromatic rings. The van der Waals surface area contributed by atoms with Gasteiger partial charge in [0, 0.05) is 25.7 Å². The molecule has 5 heteroatoms. The quantitative estimate of drug-likeness (QED) is 0.808. The predicted octanol–water partition coefficient (Wildman–Crippen LogP) is 2.12. The molecule has 1 aliphatic rings. The first kappa shape index (κ1) is 12.9. The van der Waals surface area contributed by atoms with E-state index in [9.17, 15) is 0 Å². The Labute approximate surface area is 109 Å². The SMILES string of the molecule is CCCNc1cc(N(C)C(C)C2CC2)nc(N)n1. The Balaban J connectivity index is 2.12. The number of nitrogen functional groups attached to an aromatic ring is 1. The van der Waals surface area contributed by atoms with Crippen LogP contribution in [0, 0.1) is 5.92 Å². The first-order chi connectivity index (χ1) is 8.61. The predicted molar refractivity (Wildman–Crippen MR) is 75.8 cm³/mol. The monoisotopic (exact) mass is 249 g/mol. The maximum atomic E-state index is 5.77. The number of aromatic nitrogens is 2. The van der Waals surface area contributed by atoms with Crippen molar-refractivity contribution in [2.24, 2.45) is 5.92 Å². The van der Waals surface area contributed by atoms with Gasteiger partial charge in [0.1, 0.15) is 11.6 Å². The third kappa shape index (κ3) is 3.03. The van der Waals surface area contributed by atoms with Gasteiger partial charge in [0.2, 0.25) is 5.95 Å². The molecule has 0 saturated heterocycles. The molecule has 1 unspecified atom stereocenters. The molecular formula is C13H23N5. The van der Waals surface area contributed by atoms with Gasteiger partial charge in [-0.15, -0.1) is 0 Å². The van der Waals surface area contributed by atoms with Crippen LogP contribution in [0.4, 0.5) is 17.6 Å². The van der Waals surface area contributed by atoms with Crippen LogP contribution in [0.1, 0.15) is 33.1 Å². The van der Waals surface area contributed by atoms with Gasteiger partial charge in [-0.25, -0.2) is 0 Å². The average Bonchev–Trinajstić information content (AvgIpc) is 3.18. The molecule has 3 N–H and O–H groups in total. The molecule has 0 spiro atoms. The molecule has 1 aliphatic carbocycles. The van der Waals surface area contributed by atoms with Crippen LogP contribution in [0.5, 0.6) is 0 Å². The highest BCUT2D eigenvalue weighted by Crippen LogP contribution is 2.36. The highest BCUT2D eigenvalue weighted by Gasteiger charge is 2.31. The van der Waals surface area contributed by atoms with E-state index >= 15 is 0 Å². The van der Waals surface area contributed by atoms with E-state index in [1.54, 1.807) is 0 Å². The van der Waals surface area contributed by atoms with Gasteiger partial charge in [0.15, 0.2) is 0 Å². The number of nitrogens with two attached hydrogens (primary N) is 1. The second-order valence-corrected chi connectivity index (χ2v) is 5.09. The van der Waals surface area contributed by atoms with Gasteiger partial charge in [-0.3, -0.25) is 0 Å². The Kier molecular flexibility index (Phi) is 3.89. The lowest BCUT2D eigenvalue weighted by Gasteiger charge is -2.26. The zero-order valence-corrected chi connectivity index (χ0v) is 11.5. The largest absolute Gasteiger partial charge is 0.370 e. The lowest BCUT2D eigenvalue weighted by atomic mass is 10.2. The zero-order valence-electron chi connectivity index (χ0n) is 11.5. The van der Waals surface area contributed by atoms with Crippen molar-refractivity contribution in [3.63, 3.8) is 0 Å². The third-order valence-corrected chi connectivity index (χ3v) is 3.56. The molecule has 1 fully saturated rings. The molecule has 0 amide bonds. The maximum absolute atomic E-state index is 5.77. The topological polar surface area (TPSA) is 67.1 Å². The van der Waals surface area contributed by atoms with E-state index in [1.807, 2.05) is 6.07 Å². The molecule has 5 nitrogen and oxygen atoms in total. The summed E-state index contributed by atoms with van der Waals surface area (Å²) in [5.41, 5.74) is 5.77. The number of rotatable bonds is 6. The number of nitrogens with one attached hydrogen (secondary N) is 1. The zero-order chi connectivity index (χ0) is 13.1. The number of anilines is 3. The first-order valence-electron chi connectivity index (χ1n) is 6.73. The Morgan fingerprint density at radius 1 is 1.50 bits per heavy atom. The van der Waals surface area contributed by atoms with Gasteiger partial charge in [0.25, 0.3) is 0 Å². The molecule has 0 bridgehead atoms. The molecular weight excluding hydrogens is 226 g/mol. The highest BCUT2D eigenvalue weighted by atomic mass is 15.2. The van der Waals surface area contributed by atoms with Gasteiger partial charge < -0.3 is 16.0 Å². The summed E-state index contributed by atoms with van der Waals surface area (Å²) in [5, 5.41) is 3.26. The van der Waals surface area contributed by atoms with Crippen LogP contribution in [0.2, 0.25) is 0 Å². The minimum absolute atomic E-state index is 0.334. The molecule has 0 aliphatic heterocycles. The van der Waals surface area contributed by atoms with Crippen LogP contribution in [0.25, 0.3) is 0 Å². The number of nitrogens with zero attached hydrogens (tertiary/aromatic N) is 3. The van der Waals surface area contributed by atoms with Crippen LogP contribution in [-0.2, 0) is 0 Å². The highest BCUT2D eigenvalue weighted by molar-refractivity contribution is 5.52. The van der Waals surface area contributed by atoms with E-state index in [-0.39, 0.29) is 0 Å². The number of hydrogen-bond acceptors (Lipinski definition) is 5. The molecule has 0 radical (unpaired) electrons. The molecule has 0 aromatic carbocycles. The van der Waals surface area contributed by atoms with Gasteiger partial charge in [-0.1, -0.05) is 6.92 Å². The minimum atomic E-state index is 0.334. The standard InChI is InChI=1S/C13H23N5/c1-4-7-15-11-8-12(17-13(14)16-11)18(3)9(2)10-5-6-10/h8-10H,4-7H2,1-3H3,(H3,14,15,16,17). The molecule has 18 heavy (non-hydrogen) atoms. The summed E-state index contributed by atoms with van der Waals surface area (Å²) in [5.74, 6) is 2.86. The van der Waals surface area contributed by atoms with Crippen molar-refractivity contribution in [3.8, 4) is 0 Å². The summed E-state index contributed by atoms with van der Waals surface area (Å²) < 4.78 is 0. The summed E-state index contributed by atoms with van der Waals surface area (Å²) >= 11 is 0. The normalized spacial score (nSPS) is 16.4.